The second kappa shape index (κ2) is 15.4. The molecule has 0 aromatic heterocycles. The Kier molecular flexibility index (Phi) is 12.2. The second-order valence-electron chi connectivity index (χ2n) is 13.1. The molecule has 0 N–H and O–H groups in total. The summed E-state index contributed by atoms with van der Waals surface area (Å²) < 4.78 is 4.14. The molecule has 42 heavy (non-hydrogen) atoms. The summed E-state index contributed by atoms with van der Waals surface area (Å²) >= 11 is -1.84. The molecule has 0 aliphatic rings. The van der Waals surface area contributed by atoms with Crippen molar-refractivity contribution in [3.8, 4) is 0 Å². The average Bonchev–Trinajstić information content (AvgIpc) is 2.98. The molecule has 0 saturated heterocycles. The van der Waals surface area contributed by atoms with Gasteiger partial charge in [0.1, 0.15) is 0 Å². The van der Waals surface area contributed by atoms with Crippen molar-refractivity contribution < 1.29 is 9.90 Å². The number of carbonyl (C=O) groups excluding carboxylic acids is 1. The fourth-order valence-corrected chi connectivity index (χ4v) is 19.3. The molecule has 0 atom stereocenters. The van der Waals surface area contributed by atoms with Gasteiger partial charge in [-0.1, -0.05) is 36.4 Å². The topological polar surface area (TPSA) is 40.1 Å². The molecule has 0 heterocycles. The van der Waals surface area contributed by atoms with Crippen molar-refractivity contribution in [2.24, 2.45) is 0 Å². The van der Waals surface area contributed by atoms with Gasteiger partial charge in [0, 0.05) is 0 Å². The molecule has 0 aliphatic carbocycles. The van der Waals surface area contributed by atoms with Gasteiger partial charge in [0.15, 0.2) is 0 Å². The first-order valence-electron chi connectivity index (χ1n) is 14.8. The van der Waals surface area contributed by atoms with Crippen LogP contribution in [0, 0.1) is 0 Å². The van der Waals surface area contributed by atoms with E-state index in [0.29, 0.717) is 0 Å². The van der Waals surface area contributed by atoms with Gasteiger partial charge in [0.25, 0.3) is 0 Å². The molecule has 0 saturated carbocycles. The molecule has 218 valence electrons. The number of hydrogen-bond donors (Lipinski definition) is 0. The van der Waals surface area contributed by atoms with E-state index >= 15 is 0 Å². The van der Waals surface area contributed by atoms with Crippen LogP contribution in [0.15, 0.2) is 127 Å². The summed E-state index contributed by atoms with van der Waals surface area (Å²) in [5.41, 5.74) is 6.02. The molecule has 4 rings (SSSR count). The largest absolute Gasteiger partial charge is 0.545 e. The minimum absolute atomic E-state index is 0.232. The molecule has 0 fully saturated rings. The quantitative estimate of drug-likeness (QED) is 0.119. The van der Waals surface area contributed by atoms with Gasteiger partial charge in [-0.15, -0.1) is 0 Å². The molecular formula is C39H46O2Sn. The Morgan fingerprint density at radius 2 is 0.833 bits per heavy atom. The van der Waals surface area contributed by atoms with Crippen LogP contribution in [0.4, 0.5) is 0 Å². The Labute approximate surface area is 261 Å². The predicted octanol–water partition coefficient (Wildman–Crippen LogP) is 8.86. The van der Waals surface area contributed by atoms with Crippen molar-refractivity contribution in [1.82, 2.24) is 0 Å². The van der Waals surface area contributed by atoms with Crippen LogP contribution in [0.25, 0.3) is 6.08 Å². The number of carbonyl (C=O) groups is 1. The van der Waals surface area contributed by atoms with Crippen LogP contribution >= 0.6 is 0 Å². The fourth-order valence-electron chi connectivity index (χ4n) is 5.77. The van der Waals surface area contributed by atoms with Crippen LogP contribution in [0.5, 0.6) is 0 Å². The van der Waals surface area contributed by atoms with Crippen molar-refractivity contribution in [2.75, 3.05) is 0 Å². The van der Waals surface area contributed by atoms with Gasteiger partial charge in [-0.05, 0) is 11.6 Å². The molecule has 0 amide bonds. The third-order valence-electron chi connectivity index (χ3n) is 7.95. The molecule has 4 aromatic carbocycles. The Bertz CT molecular complexity index is 1250. The summed E-state index contributed by atoms with van der Waals surface area (Å²) in [5, 5.41) is 9.97. The van der Waals surface area contributed by atoms with Gasteiger partial charge in [-0.25, -0.2) is 0 Å². The van der Waals surface area contributed by atoms with E-state index in [1.165, 1.54) is 36.1 Å². The third kappa shape index (κ3) is 10.6. The molecule has 0 radical (unpaired) electrons. The molecule has 0 unspecified atom stereocenters. The number of carboxylic acids is 1. The first-order chi connectivity index (χ1) is 19.9. The number of rotatable bonds is 11. The number of carboxylic acid groups (broad SMARTS) is 1. The van der Waals surface area contributed by atoms with E-state index in [9.17, 15) is 9.90 Å². The summed E-state index contributed by atoms with van der Waals surface area (Å²) in [7, 11) is 0. The maximum atomic E-state index is 9.97. The number of aliphatic carboxylic acids is 1. The monoisotopic (exact) mass is 666 g/mol. The molecule has 0 bridgehead atoms. The van der Waals surface area contributed by atoms with E-state index < -0.39 is 25.7 Å². The minimum Gasteiger partial charge on any atom is -0.545 e. The summed E-state index contributed by atoms with van der Waals surface area (Å²) in [6, 6.07) is 42.7. The van der Waals surface area contributed by atoms with E-state index in [4.69, 9.17) is 0 Å². The second-order valence-corrected chi connectivity index (χ2v) is 20.4. The van der Waals surface area contributed by atoms with Gasteiger partial charge < -0.3 is 9.90 Å². The maximum Gasteiger partial charge on any atom is 0.0643 e. The van der Waals surface area contributed by atoms with Crippen LogP contribution in [0.1, 0.15) is 63.8 Å². The first kappa shape index (κ1) is 33.4. The molecular weight excluding hydrogens is 619 g/mol. The van der Waals surface area contributed by atoms with Crippen LogP contribution in [-0.4, -0.2) is 25.7 Å². The van der Waals surface area contributed by atoms with Crippen molar-refractivity contribution in [1.29, 1.82) is 0 Å². The van der Waals surface area contributed by atoms with Crippen LogP contribution in [0.2, 0.25) is 13.3 Å². The average molecular weight is 666 g/mol. The standard InChI is InChI=1S/3C10H13.C9H8O2.Sn/c3*1-10(2,3)9-7-5-4-6-8-9;10-9(11)7-6-8-4-2-1-3-5-8;/h3*4-8H,1H2,2-3H3;1-7H,(H,10,11);/q;;;;+1/p-1. The van der Waals surface area contributed by atoms with Crippen molar-refractivity contribution in [2.45, 2.75) is 71.1 Å². The zero-order chi connectivity index (χ0) is 30.6. The van der Waals surface area contributed by atoms with Gasteiger partial charge in [0.2, 0.25) is 0 Å². The summed E-state index contributed by atoms with van der Waals surface area (Å²) in [4.78, 5) is 9.97. The summed E-state index contributed by atoms with van der Waals surface area (Å²) in [6.45, 7) is 14.8. The molecule has 0 aliphatic heterocycles. The molecule has 2 nitrogen and oxygen atoms in total. The fraction of sp³-hybridized carbons (Fsp3) is 0.308. The van der Waals surface area contributed by atoms with E-state index in [1.54, 1.807) is 0 Å². The Morgan fingerprint density at radius 3 is 1.12 bits per heavy atom. The zero-order valence-electron chi connectivity index (χ0n) is 26.1. The van der Waals surface area contributed by atoms with Crippen LogP contribution in [0.3, 0.4) is 0 Å². The minimum atomic E-state index is -1.84. The third-order valence-corrected chi connectivity index (χ3v) is 19.8. The number of benzene rings is 4. The first-order valence-corrected chi connectivity index (χ1v) is 20.9. The van der Waals surface area contributed by atoms with E-state index in [-0.39, 0.29) is 16.2 Å². The number of hydrogen-bond acceptors (Lipinski definition) is 2. The molecule has 3 heteroatoms. The van der Waals surface area contributed by atoms with Crippen LogP contribution < -0.4 is 5.11 Å². The van der Waals surface area contributed by atoms with Gasteiger partial charge in [0.05, 0.1) is 5.97 Å². The summed E-state index contributed by atoms with van der Waals surface area (Å²) in [5.74, 6) is -1.17. The Morgan fingerprint density at radius 1 is 0.548 bits per heavy atom. The van der Waals surface area contributed by atoms with Crippen molar-refractivity contribution in [3.05, 3.63) is 150 Å². The van der Waals surface area contributed by atoms with E-state index in [0.717, 1.165) is 11.6 Å². The van der Waals surface area contributed by atoms with Gasteiger partial charge >= 0.3 is 199 Å². The van der Waals surface area contributed by atoms with Crippen LogP contribution in [-0.2, 0) is 21.0 Å². The van der Waals surface area contributed by atoms with Crippen molar-refractivity contribution in [3.63, 3.8) is 0 Å². The normalized spacial score (nSPS) is 12.0. The summed E-state index contributed by atoms with van der Waals surface area (Å²) in [6.07, 6.45) is 2.50. The smallest absolute Gasteiger partial charge is 0.0643 e. The SMILES string of the molecule is CC(C)([CH2][Sn+]([CH2]C(C)(C)c1ccccc1)[CH2]C(C)(C)c1ccccc1)c1ccccc1.O=C([O-])C=Cc1ccccc1. The van der Waals surface area contributed by atoms with Crippen molar-refractivity contribution >= 4 is 31.8 Å². The maximum absolute atomic E-state index is 9.97. The predicted molar refractivity (Wildman–Crippen MR) is 179 cm³/mol. The van der Waals surface area contributed by atoms with Gasteiger partial charge in [-0.2, -0.15) is 0 Å². The molecule has 4 aromatic rings. The van der Waals surface area contributed by atoms with E-state index in [2.05, 4.69) is 133 Å². The molecule has 0 spiro atoms. The Hall–Kier alpha value is -3.11. The zero-order valence-corrected chi connectivity index (χ0v) is 29.0. The van der Waals surface area contributed by atoms with Gasteiger partial charge in [-0.3, -0.25) is 0 Å². The Balaban J connectivity index is 0.000000369. The van der Waals surface area contributed by atoms with E-state index in [1.807, 2.05) is 30.3 Å².